The van der Waals surface area contributed by atoms with Gasteiger partial charge in [0, 0.05) is 25.7 Å². The highest BCUT2D eigenvalue weighted by Gasteiger charge is 2.55. The van der Waals surface area contributed by atoms with E-state index in [1.807, 2.05) is 23.1 Å². The van der Waals surface area contributed by atoms with Gasteiger partial charge in [-0.25, -0.2) is 4.79 Å². The highest BCUT2D eigenvalue weighted by atomic mass is 16.2. The number of pyridine rings is 1. The minimum Gasteiger partial charge on any atom is -0.343 e. The van der Waals surface area contributed by atoms with Crippen LogP contribution >= 0.6 is 0 Å². The maximum Gasteiger partial charge on any atom is 0.325 e. The summed E-state index contributed by atoms with van der Waals surface area (Å²) in [6.07, 6.45) is 11.5. The number of rotatable bonds is 9. The van der Waals surface area contributed by atoms with Crippen LogP contribution in [0, 0.1) is 17.8 Å². The smallest absolute Gasteiger partial charge is 0.325 e. The highest BCUT2D eigenvalue weighted by Crippen LogP contribution is 2.38. The van der Waals surface area contributed by atoms with Crippen molar-refractivity contribution in [1.82, 2.24) is 20.1 Å². The number of carbonyl (C=O) groups excluding carboxylic acids is 3. The van der Waals surface area contributed by atoms with Gasteiger partial charge in [0.1, 0.15) is 5.54 Å². The number of amides is 4. The lowest BCUT2D eigenvalue weighted by Crippen LogP contribution is -2.56. The van der Waals surface area contributed by atoms with Gasteiger partial charge in [0.05, 0.1) is 12.2 Å². The van der Waals surface area contributed by atoms with Gasteiger partial charge in [-0.1, -0.05) is 45.6 Å². The Hall–Kier alpha value is -2.44. The Morgan fingerprint density at radius 3 is 2.53 bits per heavy atom. The number of nitrogens with one attached hydrogen (secondary N) is 1. The molecule has 34 heavy (non-hydrogen) atoms. The fourth-order valence-corrected chi connectivity index (χ4v) is 6.02. The Bertz CT molecular complexity index is 860. The number of carbonyl (C=O) groups is 3. The average Bonchev–Trinajstić information content (AvgIpc) is 3.45. The molecule has 0 spiro atoms. The summed E-state index contributed by atoms with van der Waals surface area (Å²) < 4.78 is 0. The van der Waals surface area contributed by atoms with Crippen molar-refractivity contribution in [3.05, 3.63) is 30.1 Å². The van der Waals surface area contributed by atoms with Gasteiger partial charge in [-0.2, -0.15) is 0 Å². The molecule has 0 unspecified atom stereocenters. The molecule has 4 amide bonds. The van der Waals surface area contributed by atoms with E-state index in [-0.39, 0.29) is 30.3 Å². The maximum absolute atomic E-state index is 13.8. The second-order valence-corrected chi connectivity index (χ2v) is 10.9. The molecule has 3 aliphatic rings. The number of aromatic nitrogens is 1. The number of hydrogen-bond donors (Lipinski definition) is 1. The fraction of sp³-hybridized carbons (Fsp3) is 0.704. The van der Waals surface area contributed by atoms with Gasteiger partial charge < -0.3 is 10.2 Å². The SMILES string of the molecule is CC(C)CC[C@@]1(C2CCN(C(=O)CCC3CCCC3)CC2)NC(=O)N(Cc2ccccn2)C1=O. The Kier molecular flexibility index (Phi) is 7.89. The lowest BCUT2D eigenvalue weighted by molar-refractivity contribution is -0.136. The zero-order valence-electron chi connectivity index (χ0n) is 20.8. The molecule has 1 atom stereocenters. The maximum atomic E-state index is 13.8. The predicted octanol–water partition coefficient (Wildman–Crippen LogP) is 4.52. The van der Waals surface area contributed by atoms with Crippen molar-refractivity contribution in [3.8, 4) is 0 Å². The van der Waals surface area contributed by atoms with Crippen LogP contribution in [0.5, 0.6) is 0 Å². The second kappa shape index (κ2) is 10.9. The summed E-state index contributed by atoms with van der Waals surface area (Å²) in [5, 5.41) is 3.13. The molecule has 0 radical (unpaired) electrons. The van der Waals surface area contributed by atoms with Crippen LogP contribution in [0.4, 0.5) is 4.79 Å². The van der Waals surface area contributed by atoms with Crippen LogP contribution in [0.3, 0.4) is 0 Å². The van der Waals surface area contributed by atoms with E-state index in [0.29, 0.717) is 37.5 Å². The van der Waals surface area contributed by atoms with Crippen LogP contribution < -0.4 is 5.32 Å². The average molecular weight is 469 g/mol. The summed E-state index contributed by atoms with van der Waals surface area (Å²) in [4.78, 5) is 47.2. The van der Waals surface area contributed by atoms with E-state index in [0.717, 1.165) is 31.6 Å². The molecule has 7 heteroatoms. The van der Waals surface area contributed by atoms with E-state index < -0.39 is 5.54 Å². The Balaban J connectivity index is 1.41. The third-order valence-electron chi connectivity index (χ3n) is 8.15. The Morgan fingerprint density at radius 1 is 1.15 bits per heavy atom. The number of piperidine rings is 1. The van der Waals surface area contributed by atoms with Gasteiger partial charge >= 0.3 is 6.03 Å². The topological polar surface area (TPSA) is 82.6 Å². The molecule has 186 valence electrons. The first-order valence-electron chi connectivity index (χ1n) is 13.2. The van der Waals surface area contributed by atoms with E-state index in [2.05, 4.69) is 24.1 Å². The van der Waals surface area contributed by atoms with E-state index >= 15 is 0 Å². The van der Waals surface area contributed by atoms with E-state index in [1.54, 1.807) is 6.20 Å². The zero-order valence-corrected chi connectivity index (χ0v) is 20.8. The zero-order chi connectivity index (χ0) is 24.1. The second-order valence-electron chi connectivity index (χ2n) is 10.9. The van der Waals surface area contributed by atoms with Gasteiger partial charge in [-0.15, -0.1) is 0 Å². The number of likely N-dealkylation sites (tertiary alicyclic amines) is 1. The molecule has 1 aromatic heterocycles. The summed E-state index contributed by atoms with van der Waals surface area (Å²) in [7, 11) is 0. The Morgan fingerprint density at radius 2 is 1.88 bits per heavy atom. The Labute approximate surface area is 203 Å². The van der Waals surface area contributed by atoms with Crippen LogP contribution in [-0.2, 0) is 16.1 Å². The first-order valence-corrected chi connectivity index (χ1v) is 13.2. The normalized spacial score (nSPS) is 24.3. The summed E-state index contributed by atoms with van der Waals surface area (Å²) in [6.45, 7) is 5.81. The molecule has 1 saturated carbocycles. The lowest BCUT2D eigenvalue weighted by atomic mass is 9.73. The summed E-state index contributed by atoms with van der Waals surface area (Å²) >= 11 is 0. The van der Waals surface area contributed by atoms with Crippen LogP contribution in [0.1, 0.15) is 83.7 Å². The minimum atomic E-state index is -0.880. The number of imide groups is 1. The lowest BCUT2D eigenvalue weighted by Gasteiger charge is -2.41. The van der Waals surface area contributed by atoms with Crippen molar-refractivity contribution in [1.29, 1.82) is 0 Å². The molecule has 1 aromatic rings. The minimum absolute atomic E-state index is 0.0373. The highest BCUT2D eigenvalue weighted by molar-refractivity contribution is 6.07. The van der Waals surface area contributed by atoms with Gasteiger partial charge in [0.15, 0.2) is 0 Å². The quantitative estimate of drug-likeness (QED) is 0.540. The number of urea groups is 1. The molecule has 1 N–H and O–H groups in total. The van der Waals surface area contributed by atoms with Crippen LogP contribution in [-0.4, -0.2) is 51.3 Å². The molecular weight excluding hydrogens is 428 g/mol. The van der Waals surface area contributed by atoms with Gasteiger partial charge in [0.2, 0.25) is 5.91 Å². The van der Waals surface area contributed by atoms with Crippen molar-refractivity contribution < 1.29 is 14.4 Å². The summed E-state index contributed by atoms with van der Waals surface area (Å²) in [5.74, 6) is 1.31. The predicted molar refractivity (Wildman–Crippen MR) is 131 cm³/mol. The monoisotopic (exact) mass is 468 g/mol. The van der Waals surface area contributed by atoms with Crippen LogP contribution in [0.25, 0.3) is 0 Å². The molecule has 2 saturated heterocycles. The number of hydrogen-bond acceptors (Lipinski definition) is 4. The fourth-order valence-electron chi connectivity index (χ4n) is 6.02. The van der Waals surface area contributed by atoms with E-state index in [4.69, 9.17) is 0 Å². The van der Waals surface area contributed by atoms with Crippen molar-refractivity contribution >= 4 is 17.8 Å². The van der Waals surface area contributed by atoms with Crippen LogP contribution in [0.15, 0.2) is 24.4 Å². The van der Waals surface area contributed by atoms with Gasteiger partial charge in [-0.05, 0) is 62.0 Å². The molecule has 7 nitrogen and oxygen atoms in total. The third-order valence-corrected chi connectivity index (χ3v) is 8.15. The van der Waals surface area contributed by atoms with Crippen molar-refractivity contribution in [2.24, 2.45) is 17.8 Å². The van der Waals surface area contributed by atoms with Crippen molar-refractivity contribution in [2.45, 2.75) is 90.1 Å². The van der Waals surface area contributed by atoms with Crippen molar-refractivity contribution in [2.75, 3.05) is 13.1 Å². The third kappa shape index (κ3) is 5.44. The number of nitrogens with zero attached hydrogens (tertiary/aromatic N) is 3. The first-order chi connectivity index (χ1) is 16.4. The summed E-state index contributed by atoms with van der Waals surface area (Å²) in [6, 6.07) is 5.20. The molecule has 3 heterocycles. The standard InChI is InChI=1S/C27H40N4O3/c1-20(2)12-15-27(25(33)31(26(34)29-27)19-23-9-5-6-16-28-23)22-13-17-30(18-14-22)24(32)11-10-21-7-3-4-8-21/h5-6,9,16,20-22H,3-4,7-8,10-15,17-19H2,1-2H3,(H,29,34)/t27-/m0/s1. The van der Waals surface area contributed by atoms with E-state index in [9.17, 15) is 14.4 Å². The first kappa shape index (κ1) is 24.7. The molecule has 4 rings (SSSR count). The molecule has 2 aliphatic heterocycles. The van der Waals surface area contributed by atoms with E-state index in [1.165, 1.54) is 30.6 Å². The molecule has 0 bridgehead atoms. The molecule has 0 aromatic carbocycles. The molecule has 1 aliphatic carbocycles. The summed E-state index contributed by atoms with van der Waals surface area (Å²) in [5.41, 5.74) is -0.178. The van der Waals surface area contributed by atoms with Gasteiger partial charge in [0.25, 0.3) is 5.91 Å². The van der Waals surface area contributed by atoms with Gasteiger partial charge in [-0.3, -0.25) is 19.5 Å². The largest absolute Gasteiger partial charge is 0.343 e. The molecular formula is C27H40N4O3. The van der Waals surface area contributed by atoms with Crippen molar-refractivity contribution in [3.63, 3.8) is 0 Å². The molecule has 3 fully saturated rings. The van der Waals surface area contributed by atoms with Crippen LogP contribution in [0.2, 0.25) is 0 Å².